The van der Waals surface area contributed by atoms with E-state index in [9.17, 15) is 14.8 Å². The van der Waals surface area contributed by atoms with Gasteiger partial charge in [0.15, 0.2) is 0 Å². The average molecular weight is 538 g/mol. The van der Waals surface area contributed by atoms with Gasteiger partial charge in [-0.25, -0.2) is 10.3 Å². The van der Waals surface area contributed by atoms with Crippen LogP contribution in [0.15, 0.2) is 57.7 Å². The van der Waals surface area contributed by atoms with Gasteiger partial charge < -0.3 is 19.2 Å². The number of hydrogen-bond acceptors (Lipinski definition) is 8. The minimum Gasteiger partial charge on any atom is -0.494 e. The van der Waals surface area contributed by atoms with Crippen LogP contribution in [0.5, 0.6) is 5.75 Å². The highest BCUT2D eigenvalue weighted by Gasteiger charge is 2.21. The molecule has 2 aromatic carbocycles. The number of nitrogens with one attached hydrogen (secondary N) is 1. The summed E-state index contributed by atoms with van der Waals surface area (Å²) >= 11 is 0. The van der Waals surface area contributed by atoms with Gasteiger partial charge >= 0.3 is 5.63 Å². The standard InChI is InChI=1S/C30H39N3O6/c1-22-3-7-24-20-26(30(36)39-28(24)19-22)21-25(29(35)31-37)8-4-23-5-9-27(10-6-23)38-18-2-11-32-12-14-33(15-13-32)16-17-34/h3,5-7,9-10,19-20,25,34,37H,2,4,8,11-18,21H2,1H3,(H,31,35). The number of ether oxygens (including phenoxy) is 1. The number of fused-ring (bicyclic) bond motifs is 1. The molecule has 0 spiro atoms. The molecule has 0 aliphatic carbocycles. The van der Waals surface area contributed by atoms with Crippen LogP contribution >= 0.6 is 0 Å². The van der Waals surface area contributed by atoms with Crippen LogP contribution in [-0.2, 0) is 17.6 Å². The first-order valence-corrected chi connectivity index (χ1v) is 13.7. The predicted octanol–water partition coefficient (Wildman–Crippen LogP) is 2.78. The molecule has 1 aliphatic rings. The third kappa shape index (κ3) is 8.37. The van der Waals surface area contributed by atoms with E-state index >= 15 is 0 Å². The van der Waals surface area contributed by atoms with E-state index in [0.717, 1.165) is 68.0 Å². The van der Waals surface area contributed by atoms with Gasteiger partial charge in [-0.1, -0.05) is 24.3 Å². The molecule has 1 saturated heterocycles. The van der Waals surface area contributed by atoms with E-state index in [1.807, 2.05) is 49.4 Å². The molecule has 3 N–H and O–H groups in total. The number of amides is 1. The molecule has 9 heteroatoms. The van der Waals surface area contributed by atoms with Gasteiger partial charge in [-0.3, -0.25) is 14.9 Å². The Bertz CT molecular complexity index is 1270. The molecule has 0 bridgehead atoms. The summed E-state index contributed by atoms with van der Waals surface area (Å²) < 4.78 is 11.4. The SMILES string of the molecule is Cc1ccc2cc(CC(CCc3ccc(OCCCN4CCN(CCO)CC4)cc3)C(=O)NO)c(=O)oc2c1. The van der Waals surface area contributed by atoms with Crippen LogP contribution in [0.2, 0.25) is 0 Å². The van der Waals surface area contributed by atoms with Crippen LogP contribution in [0.25, 0.3) is 11.0 Å². The molecular formula is C30H39N3O6. The molecule has 210 valence electrons. The fourth-order valence-electron chi connectivity index (χ4n) is 5.04. The number of carbonyl (C=O) groups excluding carboxylic acids is 1. The summed E-state index contributed by atoms with van der Waals surface area (Å²) in [5, 5.41) is 19.1. The lowest BCUT2D eigenvalue weighted by Gasteiger charge is -2.34. The molecule has 2 heterocycles. The lowest BCUT2D eigenvalue weighted by Crippen LogP contribution is -2.47. The second kappa shape index (κ2) is 14.2. The van der Waals surface area contributed by atoms with E-state index in [1.54, 1.807) is 11.5 Å². The second-order valence-electron chi connectivity index (χ2n) is 10.3. The Kier molecular flexibility index (Phi) is 10.5. The topological polar surface area (TPSA) is 115 Å². The zero-order chi connectivity index (χ0) is 27.6. The van der Waals surface area contributed by atoms with Crippen molar-refractivity contribution in [2.45, 2.75) is 32.6 Å². The molecule has 4 rings (SSSR count). The first-order valence-electron chi connectivity index (χ1n) is 13.7. The lowest BCUT2D eigenvalue weighted by molar-refractivity contribution is -0.133. The molecule has 1 aliphatic heterocycles. The molecule has 0 radical (unpaired) electrons. The largest absolute Gasteiger partial charge is 0.494 e. The minimum atomic E-state index is -0.581. The number of β-amino-alcohol motifs (C(OH)–C–C–N with tert-alkyl or cyclic N) is 1. The summed E-state index contributed by atoms with van der Waals surface area (Å²) in [5.41, 5.74) is 4.25. The highest BCUT2D eigenvalue weighted by molar-refractivity contribution is 5.79. The normalized spacial score (nSPS) is 15.4. The number of carbonyl (C=O) groups is 1. The molecule has 1 aromatic heterocycles. The fraction of sp³-hybridized carbons (Fsp3) is 0.467. The Morgan fingerprint density at radius 2 is 1.77 bits per heavy atom. The lowest BCUT2D eigenvalue weighted by atomic mass is 9.92. The van der Waals surface area contributed by atoms with E-state index in [2.05, 4.69) is 9.80 Å². The van der Waals surface area contributed by atoms with E-state index in [-0.39, 0.29) is 13.0 Å². The summed E-state index contributed by atoms with van der Waals surface area (Å²) in [6.45, 7) is 8.58. The van der Waals surface area contributed by atoms with E-state index < -0.39 is 17.5 Å². The number of rotatable bonds is 13. The van der Waals surface area contributed by atoms with Crippen LogP contribution in [0.3, 0.4) is 0 Å². The van der Waals surface area contributed by atoms with Crippen LogP contribution in [-0.4, -0.2) is 78.5 Å². The van der Waals surface area contributed by atoms with Crippen LogP contribution in [0, 0.1) is 12.8 Å². The molecule has 1 fully saturated rings. The number of nitrogens with zero attached hydrogens (tertiary/aromatic N) is 2. The summed E-state index contributed by atoms with van der Waals surface area (Å²) in [6.07, 6.45) is 2.20. The summed E-state index contributed by atoms with van der Waals surface area (Å²) in [4.78, 5) is 29.7. The number of piperazine rings is 1. The Labute approximate surface area is 228 Å². The maximum atomic E-state index is 12.6. The monoisotopic (exact) mass is 537 g/mol. The molecular weight excluding hydrogens is 498 g/mol. The van der Waals surface area contributed by atoms with Crippen LogP contribution < -0.4 is 15.8 Å². The van der Waals surface area contributed by atoms with Crippen molar-refractivity contribution in [1.82, 2.24) is 15.3 Å². The summed E-state index contributed by atoms with van der Waals surface area (Å²) in [5.74, 6) is -0.296. The van der Waals surface area contributed by atoms with Crippen LogP contribution in [0.4, 0.5) is 0 Å². The van der Waals surface area contributed by atoms with Gasteiger partial charge in [-0.05, 0) is 68.0 Å². The molecule has 0 saturated carbocycles. The number of aryl methyl sites for hydroxylation is 2. The smallest absolute Gasteiger partial charge is 0.339 e. The zero-order valence-corrected chi connectivity index (χ0v) is 22.6. The van der Waals surface area contributed by atoms with Crippen molar-refractivity contribution < 1.29 is 24.3 Å². The molecule has 39 heavy (non-hydrogen) atoms. The zero-order valence-electron chi connectivity index (χ0n) is 22.6. The number of hydroxylamine groups is 1. The van der Waals surface area contributed by atoms with Crippen molar-refractivity contribution in [2.75, 3.05) is 52.5 Å². The van der Waals surface area contributed by atoms with Crippen molar-refractivity contribution in [3.63, 3.8) is 0 Å². The molecule has 9 nitrogen and oxygen atoms in total. The molecule has 3 aromatic rings. The highest BCUT2D eigenvalue weighted by atomic mass is 16.5. The predicted molar refractivity (Wildman–Crippen MR) is 149 cm³/mol. The van der Waals surface area contributed by atoms with Crippen molar-refractivity contribution in [3.8, 4) is 5.75 Å². The third-order valence-electron chi connectivity index (χ3n) is 7.38. The van der Waals surface area contributed by atoms with Gasteiger partial charge in [0.1, 0.15) is 11.3 Å². The first-order chi connectivity index (χ1) is 18.9. The van der Waals surface area contributed by atoms with Gasteiger partial charge in [0.2, 0.25) is 5.91 Å². The minimum absolute atomic E-state index is 0.177. The van der Waals surface area contributed by atoms with E-state index in [0.29, 0.717) is 30.6 Å². The van der Waals surface area contributed by atoms with Gasteiger partial charge in [-0.15, -0.1) is 0 Å². The van der Waals surface area contributed by atoms with Crippen LogP contribution in [0.1, 0.15) is 29.5 Å². The van der Waals surface area contributed by atoms with Gasteiger partial charge in [0.25, 0.3) is 0 Å². The summed E-state index contributed by atoms with van der Waals surface area (Å²) in [7, 11) is 0. The molecule has 1 amide bonds. The van der Waals surface area contributed by atoms with Crippen molar-refractivity contribution in [1.29, 1.82) is 0 Å². The molecule has 1 atom stereocenters. The number of aliphatic hydroxyl groups excluding tert-OH is 1. The average Bonchev–Trinajstić information content (AvgIpc) is 2.95. The summed E-state index contributed by atoms with van der Waals surface area (Å²) in [6, 6.07) is 15.2. The maximum absolute atomic E-state index is 12.6. The number of aliphatic hydroxyl groups is 1. The van der Waals surface area contributed by atoms with Crippen molar-refractivity contribution >= 4 is 16.9 Å². The third-order valence-corrected chi connectivity index (χ3v) is 7.38. The maximum Gasteiger partial charge on any atom is 0.339 e. The van der Waals surface area contributed by atoms with Crippen molar-refractivity contribution in [2.24, 2.45) is 5.92 Å². The van der Waals surface area contributed by atoms with E-state index in [1.165, 1.54) is 0 Å². The van der Waals surface area contributed by atoms with Gasteiger partial charge in [0.05, 0.1) is 13.2 Å². The van der Waals surface area contributed by atoms with Gasteiger partial charge in [-0.2, -0.15) is 0 Å². The Balaban J connectivity index is 1.24. The quantitative estimate of drug-likeness (QED) is 0.132. The van der Waals surface area contributed by atoms with E-state index in [4.69, 9.17) is 14.3 Å². The fourth-order valence-corrected chi connectivity index (χ4v) is 5.04. The Morgan fingerprint density at radius 1 is 1.05 bits per heavy atom. The number of hydrogen-bond donors (Lipinski definition) is 3. The molecule has 1 unspecified atom stereocenters. The number of benzene rings is 2. The Morgan fingerprint density at radius 3 is 2.46 bits per heavy atom. The second-order valence-corrected chi connectivity index (χ2v) is 10.3. The Hall–Kier alpha value is -3.24. The first kappa shape index (κ1) is 28.8. The highest BCUT2D eigenvalue weighted by Crippen LogP contribution is 2.20. The van der Waals surface area contributed by atoms with Gasteiger partial charge in [0, 0.05) is 56.1 Å². The van der Waals surface area contributed by atoms with Crippen molar-refractivity contribution in [3.05, 3.63) is 75.6 Å².